The number of esters is 1. The fourth-order valence-electron chi connectivity index (χ4n) is 0.836. The Morgan fingerprint density at radius 1 is 1.43 bits per heavy atom. The summed E-state index contributed by atoms with van der Waals surface area (Å²) in [4.78, 5) is 21.0. The Bertz CT molecular complexity index is 235. The van der Waals surface area contributed by atoms with Gasteiger partial charge in [-0.3, -0.25) is 4.79 Å². The molecule has 0 saturated carbocycles. The van der Waals surface area contributed by atoms with Gasteiger partial charge in [0.2, 0.25) is 0 Å². The van der Waals surface area contributed by atoms with Crippen molar-refractivity contribution in [3.8, 4) is 0 Å². The van der Waals surface area contributed by atoms with E-state index in [1.807, 2.05) is 0 Å². The number of carboxylic acid groups (broad SMARTS) is 1. The molecule has 80 valence electrons. The Morgan fingerprint density at radius 2 is 2.07 bits per heavy atom. The van der Waals surface area contributed by atoms with E-state index in [0.717, 1.165) is 6.08 Å². The van der Waals surface area contributed by atoms with Crippen molar-refractivity contribution < 1.29 is 19.4 Å². The number of hydrogen-bond acceptors (Lipinski definition) is 4. The van der Waals surface area contributed by atoms with Crippen LogP contribution in [0, 0.1) is 0 Å². The Morgan fingerprint density at radius 3 is 2.57 bits per heavy atom. The van der Waals surface area contributed by atoms with Gasteiger partial charge in [0.1, 0.15) is 0 Å². The van der Waals surface area contributed by atoms with Crippen LogP contribution in [0.15, 0.2) is 11.6 Å². The van der Waals surface area contributed by atoms with Crippen LogP contribution in [0.1, 0.15) is 13.8 Å². The fraction of sp³-hybridized carbons (Fsp3) is 0.556. The number of carbonyl (C=O) groups is 2. The Balaban J connectivity index is 3.64. The highest BCUT2D eigenvalue weighted by Gasteiger charge is 2.00. The van der Waals surface area contributed by atoms with Gasteiger partial charge in [-0.1, -0.05) is 5.57 Å². The zero-order valence-corrected chi connectivity index (χ0v) is 8.37. The number of ether oxygens (including phenoxy) is 1. The topological polar surface area (TPSA) is 75.6 Å². The molecule has 0 aromatic heterocycles. The Kier molecular flexibility index (Phi) is 6.39. The van der Waals surface area contributed by atoms with E-state index in [2.05, 4.69) is 10.1 Å². The van der Waals surface area contributed by atoms with Gasteiger partial charge in [-0.2, -0.15) is 0 Å². The highest BCUT2D eigenvalue weighted by molar-refractivity contribution is 5.80. The second-order valence-electron chi connectivity index (χ2n) is 2.74. The van der Waals surface area contributed by atoms with Gasteiger partial charge in [0, 0.05) is 12.6 Å². The highest BCUT2D eigenvalue weighted by atomic mass is 16.5. The van der Waals surface area contributed by atoms with Crippen LogP contribution in [-0.2, 0) is 14.3 Å². The maximum Gasteiger partial charge on any atom is 0.328 e. The summed E-state index contributed by atoms with van der Waals surface area (Å²) in [6, 6.07) is 0. The van der Waals surface area contributed by atoms with Crippen LogP contribution < -0.4 is 5.32 Å². The van der Waals surface area contributed by atoms with Crippen LogP contribution in [0.25, 0.3) is 0 Å². The van der Waals surface area contributed by atoms with E-state index >= 15 is 0 Å². The number of carbonyl (C=O) groups excluding carboxylic acids is 1. The lowest BCUT2D eigenvalue weighted by Crippen LogP contribution is -2.26. The summed E-state index contributed by atoms with van der Waals surface area (Å²) < 4.78 is 4.67. The third-order valence-corrected chi connectivity index (χ3v) is 1.35. The first-order valence-corrected chi connectivity index (χ1v) is 4.32. The van der Waals surface area contributed by atoms with Gasteiger partial charge >= 0.3 is 11.9 Å². The maximum atomic E-state index is 10.8. The molecule has 0 saturated heterocycles. The predicted octanol–water partition coefficient (Wildman–Crippen LogP) is 0.170. The molecular formula is C9H15NO4. The minimum Gasteiger partial charge on any atom is -0.478 e. The Labute approximate surface area is 82.7 Å². The van der Waals surface area contributed by atoms with E-state index in [1.54, 1.807) is 13.8 Å². The number of hydrogen-bond donors (Lipinski definition) is 2. The molecule has 0 aliphatic rings. The van der Waals surface area contributed by atoms with Gasteiger partial charge in [-0.25, -0.2) is 4.79 Å². The summed E-state index contributed by atoms with van der Waals surface area (Å²) in [5.41, 5.74) is 0.654. The quantitative estimate of drug-likeness (QED) is 0.473. The molecule has 0 atom stereocenters. The second-order valence-corrected chi connectivity index (χ2v) is 2.74. The number of aliphatic carboxylic acids is 1. The van der Waals surface area contributed by atoms with Gasteiger partial charge in [-0.15, -0.1) is 0 Å². The van der Waals surface area contributed by atoms with Crippen molar-refractivity contribution in [1.82, 2.24) is 5.32 Å². The molecule has 0 aromatic rings. The molecule has 5 nitrogen and oxygen atoms in total. The van der Waals surface area contributed by atoms with Crippen LogP contribution in [0.5, 0.6) is 0 Å². The molecule has 0 bridgehead atoms. The molecular weight excluding hydrogens is 186 g/mol. The van der Waals surface area contributed by atoms with E-state index in [1.165, 1.54) is 0 Å². The standard InChI is InChI=1S/C9H15NO4/c1-3-14-9(13)6-10-5-7(2)4-8(11)12/h4,10H,3,5-6H2,1-2H3,(H,11,12). The van der Waals surface area contributed by atoms with Crippen molar-refractivity contribution in [2.24, 2.45) is 0 Å². The molecule has 0 heterocycles. The molecule has 5 heteroatoms. The third-order valence-electron chi connectivity index (χ3n) is 1.35. The lowest BCUT2D eigenvalue weighted by Gasteiger charge is -2.03. The minimum atomic E-state index is -0.986. The summed E-state index contributed by atoms with van der Waals surface area (Å²) >= 11 is 0. The molecule has 0 fully saturated rings. The number of nitrogens with one attached hydrogen (secondary N) is 1. The van der Waals surface area contributed by atoms with Crippen LogP contribution in [0.3, 0.4) is 0 Å². The smallest absolute Gasteiger partial charge is 0.328 e. The van der Waals surface area contributed by atoms with E-state index < -0.39 is 5.97 Å². The number of rotatable bonds is 6. The first-order valence-electron chi connectivity index (χ1n) is 4.32. The SMILES string of the molecule is CCOC(=O)CNCC(C)=CC(=O)O. The molecule has 0 rings (SSSR count). The van der Waals surface area contributed by atoms with Crippen LogP contribution in [-0.4, -0.2) is 36.7 Å². The first kappa shape index (κ1) is 12.6. The van der Waals surface area contributed by atoms with Crippen molar-refractivity contribution in [2.75, 3.05) is 19.7 Å². The lowest BCUT2D eigenvalue weighted by atomic mass is 10.3. The average Bonchev–Trinajstić information content (AvgIpc) is 2.02. The van der Waals surface area contributed by atoms with E-state index in [0.29, 0.717) is 18.7 Å². The number of carboxylic acids is 1. The average molecular weight is 201 g/mol. The zero-order valence-electron chi connectivity index (χ0n) is 8.37. The molecule has 0 spiro atoms. The molecule has 0 aliphatic heterocycles. The third kappa shape index (κ3) is 7.30. The largest absolute Gasteiger partial charge is 0.478 e. The summed E-state index contributed by atoms with van der Waals surface area (Å²) in [7, 11) is 0. The molecule has 0 aromatic carbocycles. The molecule has 0 amide bonds. The van der Waals surface area contributed by atoms with Crippen molar-refractivity contribution in [3.63, 3.8) is 0 Å². The van der Waals surface area contributed by atoms with Crippen LogP contribution in [0.4, 0.5) is 0 Å². The highest BCUT2D eigenvalue weighted by Crippen LogP contribution is 1.88. The lowest BCUT2D eigenvalue weighted by molar-refractivity contribution is -0.142. The Hall–Kier alpha value is -1.36. The fourth-order valence-corrected chi connectivity index (χ4v) is 0.836. The summed E-state index contributed by atoms with van der Waals surface area (Å²) in [6.45, 7) is 4.22. The van der Waals surface area contributed by atoms with Crippen molar-refractivity contribution in [3.05, 3.63) is 11.6 Å². The first-order chi connectivity index (χ1) is 6.56. The van der Waals surface area contributed by atoms with Crippen molar-refractivity contribution in [2.45, 2.75) is 13.8 Å². The minimum absolute atomic E-state index is 0.0959. The van der Waals surface area contributed by atoms with Gasteiger partial charge in [0.15, 0.2) is 0 Å². The van der Waals surface area contributed by atoms with Crippen LogP contribution >= 0.6 is 0 Å². The van der Waals surface area contributed by atoms with Crippen LogP contribution in [0.2, 0.25) is 0 Å². The van der Waals surface area contributed by atoms with Gasteiger partial charge in [0.25, 0.3) is 0 Å². The van der Waals surface area contributed by atoms with Crippen molar-refractivity contribution in [1.29, 1.82) is 0 Å². The van der Waals surface area contributed by atoms with Gasteiger partial charge in [-0.05, 0) is 13.8 Å². The normalized spacial score (nSPS) is 11.1. The second kappa shape index (κ2) is 7.08. The molecule has 14 heavy (non-hydrogen) atoms. The van der Waals surface area contributed by atoms with Gasteiger partial charge in [0.05, 0.1) is 13.2 Å². The predicted molar refractivity (Wildman–Crippen MR) is 50.9 cm³/mol. The van der Waals surface area contributed by atoms with E-state index in [9.17, 15) is 9.59 Å². The molecule has 0 unspecified atom stereocenters. The zero-order chi connectivity index (χ0) is 11.0. The summed E-state index contributed by atoms with van der Waals surface area (Å²) in [5.74, 6) is -1.32. The summed E-state index contributed by atoms with van der Waals surface area (Å²) in [5, 5.41) is 11.1. The molecule has 0 radical (unpaired) electrons. The maximum absolute atomic E-state index is 10.8. The van der Waals surface area contributed by atoms with E-state index in [-0.39, 0.29) is 12.5 Å². The molecule has 0 aliphatic carbocycles. The van der Waals surface area contributed by atoms with Crippen molar-refractivity contribution >= 4 is 11.9 Å². The summed E-state index contributed by atoms with van der Waals surface area (Å²) in [6.07, 6.45) is 1.10. The molecule has 2 N–H and O–H groups in total. The van der Waals surface area contributed by atoms with E-state index in [4.69, 9.17) is 5.11 Å². The van der Waals surface area contributed by atoms with Gasteiger partial charge < -0.3 is 15.2 Å². The monoisotopic (exact) mass is 201 g/mol.